The van der Waals surface area contributed by atoms with Crippen LogP contribution in [0.3, 0.4) is 0 Å². The highest BCUT2D eigenvalue weighted by Crippen LogP contribution is 2.24. The molecule has 1 saturated heterocycles. The van der Waals surface area contributed by atoms with E-state index in [1.54, 1.807) is 0 Å². The summed E-state index contributed by atoms with van der Waals surface area (Å²) in [5.74, 6) is 1.31. The molecule has 0 radical (unpaired) electrons. The van der Waals surface area contributed by atoms with Gasteiger partial charge >= 0.3 is 0 Å². The van der Waals surface area contributed by atoms with Crippen LogP contribution in [0.2, 0.25) is 0 Å². The number of hydrogen-bond donors (Lipinski definition) is 1. The normalized spacial score (nSPS) is 26.4. The molecule has 0 amide bonds. The van der Waals surface area contributed by atoms with Gasteiger partial charge in [0, 0.05) is 19.2 Å². The first-order valence-corrected chi connectivity index (χ1v) is 5.73. The minimum Gasteiger partial charge on any atom is -0.335 e. The monoisotopic (exact) mass is 191 g/mol. The quantitative estimate of drug-likeness (QED) is 0.731. The highest BCUT2D eigenvalue weighted by molar-refractivity contribution is 5.11. The van der Waals surface area contributed by atoms with E-state index in [0.29, 0.717) is 6.04 Å². The highest BCUT2D eigenvalue weighted by atomic mass is 15.1. The molecule has 3 rings (SSSR count). The fourth-order valence-corrected chi connectivity index (χ4v) is 2.54. The molecule has 14 heavy (non-hydrogen) atoms. The zero-order valence-corrected chi connectivity index (χ0v) is 8.50. The Morgan fingerprint density at radius 2 is 2.36 bits per heavy atom. The van der Waals surface area contributed by atoms with E-state index in [1.807, 2.05) is 0 Å². The van der Waals surface area contributed by atoms with Crippen molar-refractivity contribution in [1.29, 1.82) is 0 Å². The molecule has 1 fully saturated rings. The number of fused-ring (bicyclic) bond motifs is 1. The molecule has 1 N–H and O–H groups in total. The van der Waals surface area contributed by atoms with Crippen LogP contribution in [0.15, 0.2) is 6.20 Å². The van der Waals surface area contributed by atoms with Crippen molar-refractivity contribution in [2.24, 2.45) is 0 Å². The lowest BCUT2D eigenvalue weighted by Gasteiger charge is -2.11. The topological polar surface area (TPSA) is 29.9 Å². The molecule has 1 aromatic rings. The van der Waals surface area contributed by atoms with Gasteiger partial charge in [0.15, 0.2) is 0 Å². The van der Waals surface area contributed by atoms with Crippen molar-refractivity contribution in [3.63, 3.8) is 0 Å². The summed E-state index contributed by atoms with van der Waals surface area (Å²) in [6.45, 7) is 2.34. The molecule has 0 aliphatic carbocycles. The number of aromatic nitrogens is 2. The molecular formula is C11H17N3. The molecule has 2 aliphatic rings. The maximum Gasteiger partial charge on any atom is 0.109 e. The van der Waals surface area contributed by atoms with Gasteiger partial charge in [-0.1, -0.05) is 0 Å². The predicted octanol–water partition coefficient (Wildman–Crippen LogP) is 1.64. The maximum absolute atomic E-state index is 4.73. The van der Waals surface area contributed by atoms with Crippen LogP contribution in [0.4, 0.5) is 0 Å². The summed E-state index contributed by atoms with van der Waals surface area (Å²) in [6.07, 6.45) is 8.63. The largest absolute Gasteiger partial charge is 0.335 e. The van der Waals surface area contributed by atoms with Crippen LogP contribution in [0, 0.1) is 0 Å². The Hall–Kier alpha value is -0.830. The van der Waals surface area contributed by atoms with Gasteiger partial charge in [-0.05, 0) is 32.2 Å². The minimum atomic E-state index is 0.535. The van der Waals surface area contributed by atoms with Gasteiger partial charge in [0.2, 0.25) is 0 Å². The van der Waals surface area contributed by atoms with Crippen molar-refractivity contribution >= 4 is 0 Å². The number of nitrogens with zero attached hydrogens (tertiary/aromatic N) is 2. The Balaban J connectivity index is 1.87. The third-order valence-corrected chi connectivity index (χ3v) is 3.34. The number of rotatable bonds is 1. The van der Waals surface area contributed by atoms with E-state index in [-0.39, 0.29) is 0 Å². The second-order valence-electron chi connectivity index (χ2n) is 4.38. The second-order valence-corrected chi connectivity index (χ2v) is 4.38. The number of imidazole rings is 1. The molecular weight excluding hydrogens is 174 g/mol. The lowest BCUT2D eigenvalue weighted by molar-refractivity contribution is 0.522. The molecule has 3 heterocycles. The van der Waals surface area contributed by atoms with Crippen molar-refractivity contribution in [1.82, 2.24) is 14.9 Å². The lowest BCUT2D eigenvalue weighted by atomic mass is 10.2. The molecule has 0 saturated carbocycles. The van der Waals surface area contributed by atoms with Gasteiger partial charge in [-0.25, -0.2) is 4.98 Å². The van der Waals surface area contributed by atoms with E-state index in [4.69, 9.17) is 4.98 Å². The first kappa shape index (κ1) is 8.48. The molecule has 2 aliphatic heterocycles. The zero-order valence-electron chi connectivity index (χ0n) is 8.50. The smallest absolute Gasteiger partial charge is 0.109 e. The Morgan fingerprint density at radius 1 is 1.36 bits per heavy atom. The van der Waals surface area contributed by atoms with Crippen LogP contribution in [-0.4, -0.2) is 16.1 Å². The molecule has 1 aromatic heterocycles. The number of hydrogen-bond acceptors (Lipinski definition) is 2. The van der Waals surface area contributed by atoms with Crippen molar-refractivity contribution in [3.05, 3.63) is 17.7 Å². The summed E-state index contributed by atoms with van der Waals surface area (Å²) in [6, 6.07) is 0.535. The molecule has 0 spiro atoms. The van der Waals surface area contributed by atoms with E-state index in [9.17, 15) is 0 Å². The Morgan fingerprint density at radius 3 is 3.14 bits per heavy atom. The standard InChI is InChI=1S/C11H17N3/c1-2-7-14-8-10(13-11(14)5-1)9-4-3-6-12-9/h8-9,12H,1-7H2. The van der Waals surface area contributed by atoms with Gasteiger partial charge in [-0.15, -0.1) is 0 Å². The van der Waals surface area contributed by atoms with Crippen LogP contribution < -0.4 is 5.32 Å². The van der Waals surface area contributed by atoms with Crippen LogP contribution in [0.1, 0.15) is 43.2 Å². The Labute approximate surface area is 84.5 Å². The van der Waals surface area contributed by atoms with Crippen molar-refractivity contribution in [2.45, 2.75) is 44.7 Å². The fraction of sp³-hybridized carbons (Fsp3) is 0.727. The first-order chi connectivity index (χ1) is 6.93. The van der Waals surface area contributed by atoms with Gasteiger partial charge in [0.1, 0.15) is 5.82 Å². The predicted molar refractivity (Wildman–Crippen MR) is 55.1 cm³/mol. The lowest BCUT2D eigenvalue weighted by Crippen LogP contribution is -2.13. The molecule has 0 aromatic carbocycles. The first-order valence-electron chi connectivity index (χ1n) is 5.73. The molecule has 3 heteroatoms. The van der Waals surface area contributed by atoms with Crippen LogP contribution in [-0.2, 0) is 13.0 Å². The van der Waals surface area contributed by atoms with Crippen molar-refractivity contribution in [3.8, 4) is 0 Å². The highest BCUT2D eigenvalue weighted by Gasteiger charge is 2.21. The number of aryl methyl sites for hydroxylation is 2. The summed E-state index contributed by atoms with van der Waals surface area (Å²) in [4.78, 5) is 4.73. The third-order valence-electron chi connectivity index (χ3n) is 3.34. The third kappa shape index (κ3) is 1.36. The van der Waals surface area contributed by atoms with Crippen LogP contribution in [0.5, 0.6) is 0 Å². The van der Waals surface area contributed by atoms with Crippen LogP contribution >= 0.6 is 0 Å². The maximum atomic E-state index is 4.73. The van der Waals surface area contributed by atoms with E-state index in [0.717, 1.165) is 6.54 Å². The van der Waals surface area contributed by atoms with E-state index in [1.165, 1.54) is 50.2 Å². The summed E-state index contributed by atoms with van der Waals surface area (Å²) in [5.41, 5.74) is 1.28. The van der Waals surface area contributed by atoms with E-state index in [2.05, 4.69) is 16.1 Å². The molecule has 3 nitrogen and oxygen atoms in total. The van der Waals surface area contributed by atoms with Crippen molar-refractivity contribution < 1.29 is 0 Å². The SMILES string of the molecule is c1c(C2CCCN2)nc2n1CCCC2. The second kappa shape index (κ2) is 3.39. The summed E-state index contributed by atoms with van der Waals surface area (Å²) >= 11 is 0. The molecule has 0 bridgehead atoms. The summed E-state index contributed by atoms with van der Waals surface area (Å²) in [5, 5.41) is 3.51. The Bertz CT molecular complexity index is 300. The zero-order chi connectivity index (χ0) is 9.38. The van der Waals surface area contributed by atoms with Gasteiger partial charge in [0.25, 0.3) is 0 Å². The van der Waals surface area contributed by atoms with Gasteiger partial charge < -0.3 is 9.88 Å². The van der Waals surface area contributed by atoms with Crippen LogP contribution in [0.25, 0.3) is 0 Å². The van der Waals surface area contributed by atoms with E-state index < -0.39 is 0 Å². The minimum absolute atomic E-state index is 0.535. The summed E-state index contributed by atoms with van der Waals surface area (Å²) < 4.78 is 2.35. The fourth-order valence-electron chi connectivity index (χ4n) is 2.54. The summed E-state index contributed by atoms with van der Waals surface area (Å²) in [7, 11) is 0. The number of nitrogens with one attached hydrogen (secondary N) is 1. The molecule has 76 valence electrons. The average molecular weight is 191 g/mol. The molecule has 1 unspecified atom stereocenters. The average Bonchev–Trinajstić information content (AvgIpc) is 2.86. The molecule has 1 atom stereocenters. The Kier molecular flexibility index (Phi) is 2.05. The van der Waals surface area contributed by atoms with Crippen molar-refractivity contribution in [2.75, 3.05) is 6.54 Å². The van der Waals surface area contributed by atoms with Gasteiger partial charge in [-0.2, -0.15) is 0 Å². The van der Waals surface area contributed by atoms with Gasteiger partial charge in [0.05, 0.1) is 11.7 Å². The van der Waals surface area contributed by atoms with Gasteiger partial charge in [-0.3, -0.25) is 0 Å². The van der Waals surface area contributed by atoms with E-state index >= 15 is 0 Å².